The number of carbonyl (C=O) groups excluding carboxylic acids is 1. The molecule has 0 bridgehead atoms. The van der Waals surface area contributed by atoms with Gasteiger partial charge >= 0.3 is 6.18 Å². The first-order valence-electron chi connectivity index (χ1n) is 4.54. The van der Waals surface area contributed by atoms with Gasteiger partial charge in [-0.05, 0) is 6.42 Å². The molecule has 16 heavy (non-hydrogen) atoms. The first kappa shape index (κ1) is 12.6. The maximum atomic E-state index is 12.0. The molecule has 5 nitrogen and oxygen atoms in total. The summed E-state index contributed by atoms with van der Waals surface area (Å²) in [5, 5.41) is 15.7. The van der Waals surface area contributed by atoms with Crippen LogP contribution in [0, 0.1) is 0 Å². The lowest BCUT2D eigenvalue weighted by Gasteiger charge is -2.05. The predicted octanol–water partition coefficient (Wildman–Crippen LogP) is 0.794. The zero-order valence-corrected chi connectivity index (χ0v) is 8.40. The van der Waals surface area contributed by atoms with Gasteiger partial charge in [-0.15, -0.1) is 5.10 Å². The molecule has 1 N–H and O–H groups in total. The zero-order chi connectivity index (χ0) is 12.3. The second-order valence-corrected chi connectivity index (χ2v) is 3.21. The number of ketones is 1. The number of nitrogens with zero attached hydrogens (tertiary/aromatic N) is 3. The van der Waals surface area contributed by atoms with Gasteiger partial charge < -0.3 is 5.11 Å². The van der Waals surface area contributed by atoms with Gasteiger partial charge in [0.2, 0.25) is 0 Å². The van der Waals surface area contributed by atoms with Gasteiger partial charge in [-0.1, -0.05) is 12.1 Å². The van der Waals surface area contributed by atoms with Gasteiger partial charge in [0.1, 0.15) is 0 Å². The number of carbonyl (C=O) groups is 1. The van der Waals surface area contributed by atoms with Crippen LogP contribution in [-0.4, -0.2) is 38.2 Å². The molecule has 0 fully saturated rings. The van der Waals surface area contributed by atoms with Gasteiger partial charge in [0.05, 0.1) is 18.8 Å². The Bertz CT molecular complexity index is 375. The largest absolute Gasteiger partial charge is 0.456 e. The standard InChI is InChI=1S/C8H10F3N3O2/c1-2-5(15)3-14-4-6(12-13-14)7(16)8(9,10)11/h4-5,15H,2-3H2,1H3. The van der Waals surface area contributed by atoms with E-state index >= 15 is 0 Å². The van der Waals surface area contributed by atoms with Crippen molar-refractivity contribution in [2.24, 2.45) is 0 Å². The lowest BCUT2D eigenvalue weighted by atomic mass is 10.3. The fraction of sp³-hybridized carbons (Fsp3) is 0.625. The Hall–Kier alpha value is -1.44. The highest BCUT2D eigenvalue weighted by atomic mass is 19.4. The summed E-state index contributed by atoms with van der Waals surface area (Å²) in [4.78, 5) is 10.7. The predicted molar refractivity (Wildman–Crippen MR) is 46.7 cm³/mol. The molecule has 8 heteroatoms. The van der Waals surface area contributed by atoms with E-state index in [9.17, 15) is 23.1 Å². The average molecular weight is 237 g/mol. The van der Waals surface area contributed by atoms with Crippen LogP contribution in [0.2, 0.25) is 0 Å². The Morgan fingerprint density at radius 2 is 2.25 bits per heavy atom. The molecule has 0 aliphatic carbocycles. The van der Waals surface area contributed by atoms with E-state index in [-0.39, 0.29) is 6.54 Å². The van der Waals surface area contributed by atoms with Crippen LogP contribution in [0.1, 0.15) is 23.8 Å². The molecule has 0 spiro atoms. The van der Waals surface area contributed by atoms with Crippen LogP contribution in [0.15, 0.2) is 6.20 Å². The summed E-state index contributed by atoms with van der Waals surface area (Å²) < 4.78 is 37.0. The maximum absolute atomic E-state index is 12.0. The third kappa shape index (κ3) is 3.02. The lowest BCUT2D eigenvalue weighted by Crippen LogP contribution is -2.23. The molecular formula is C8H10F3N3O2. The molecule has 0 amide bonds. The van der Waals surface area contributed by atoms with Crippen LogP contribution in [0.4, 0.5) is 13.2 Å². The van der Waals surface area contributed by atoms with E-state index in [1.807, 2.05) is 0 Å². The molecular weight excluding hydrogens is 227 g/mol. The third-order valence-corrected chi connectivity index (χ3v) is 1.90. The SMILES string of the molecule is CCC(O)Cn1cc(C(=O)C(F)(F)F)nn1. The van der Waals surface area contributed by atoms with Crippen molar-refractivity contribution >= 4 is 5.78 Å². The Kier molecular flexibility index (Phi) is 3.63. The summed E-state index contributed by atoms with van der Waals surface area (Å²) >= 11 is 0. The summed E-state index contributed by atoms with van der Waals surface area (Å²) in [6, 6.07) is 0. The van der Waals surface area contributed by atoms with Crippen LogP contribution in [0.25, 0.3) is 0 Å². The summed E-state index contributed by atoms with van der Waals surface area (Å²) in [7, 11) is 0. The van der Waals surface area contributed by atoms with Gasteiger partial charge in [0.25, 0.3) is 5.78 Å². The summed E-state index contributed by atoms with van der Waals surface area (Å²) in [6.45, 7) is 1.72. The number of aliphatic hydroxyl groups excluding tert-OH is 1. The number of halogens is 3. The average Bonchev–Trinajstić information content (AvgIpc) is 2.63. The Morgan fingerprint density at radius 1 is 1.62 bits per heavy atom. The van der Waals surface area contributed by atoms with E-state index in [2.05, 4.69) is 10.3 Å². The molecule has 1 aromatic rings. The minimum Gasteiger partial charge on any atom is -0.391 e. The van der Waals surface area contributed by atoms with Gasteiger partial charge in [0.15, 0.2) is 5.69 Å². The van der Waals surface area contributed by atoms with Crippen LogP contribution in [0.3, 0.4) is 0 Å². The molecule has 1 aromatic heterocycles. The molecule has 0 saturated heterocycles. The zero-order valence-electron chi connectivity index (χ0n) is 8.40. The number of rotatable bonds is 4. The van der Waals surface area contributed by atoms with E-state index in [0.29, 0.717) is 6.42 Å². The first-order valence-corrected chi connectivity index (χ1v) is 4.54. The van der Waals surface area contributed by atoms with E-state index in [1.54, 1.807) is 6.92 Å². The summed E-state index contributed by atoms with van der Waals surface area (Å²) in [5.41, 5.74) is -0.768. The van der Waals surface area contributed by atoms with E-state index in [1.165, 1.54) is 0 Å². The first-order chi connectivity index (χ1) is 7.34. The molecule has 0 radical (unpaired) electrons. The van der Waals surface area contributed by atoms with Crippen molar-refractivity contribution in [1.82, 2.24) is 15.0 Å². The van der Waals surface area contributed by atoms with Crippen molar-refractivity contribution < 1.29 is 23.1 Å². The monoisotopic (exact) mass is 237 g/mol. The molecule has 1 unspecified atom stereocenters. The van der Waals surface area contributed by atoms with Gasteiger partial charge in [-0.25, -0.2) is 4.68 Å². The minimum atomic E-state index is -4.95. The van der Waals surface area contributed by atoms with Crippen LogP contribution >= 0.6 is 0 Å². The Labute approximate surface area is 88.9 Å². The molecule has 90 valence electrons. The number of hydrogen-bond donors (Lipinski definition) is 1. The highest BCUT2D eigenvalue weighted by Crippen LogP contribution is 2.19. The van der Waals surface area contributed by atoms with Gasteiger partial charge in [-0.2, -0.15) is 13.2 Å². The van der Waals surface area contributed by atoms with Gasteiger partial charge in [-0.3, -0.25) is 4.79 Å². The molecule has 0 aliphatic heterocycles. The molecule has 0 aliphatic rings. The Balaban J connectivity index is 2.76. The Morgan fingerprint density at radius 3 is 2.75 bits per heavy atom. The van der Waals surface area contributed by atoms with Gasteiger partial charge in [0, 0.05) is 0 Å². The van der Waals surface area contributed by atoms with Crippen molar-refractivity contribution in [3.8, 4) is 0 Å². The fourth-order valence-electron chi connectivity index (χ4n) is 0.982. The second kappa shape index (κ2) is 4.60. The number of aliphatic hydroxyl groups is 1. The number of aromatic nitrogens is 3. The minimum absolute atomic E-state index is 0.00857. The van der Waals surface area contributed by atoms with Crippen LogP contribution < -0.4 is 0 Å². The normalized spacial score (nSPS) is 13.8. The van der Waals surface area contributed by atoms with Crippen molar-refractivity contribution in [2.45, 2.75) is 32.2 Å². The molecule has 0 saturated carbocycles. The molecule has 1 rings (SSSR count). The van der Waals surface area contributed by atoms with Crippen LogP contribution in [0.5, 0.6) is 0 Å². The number of alkyl halides is 3. The second-order valence-electron chi connectivity index (χ2n) is 3.21. The number of hydrogen-bond acceptors (Lipinski definition) is 4. The quantitative estimate of drug-likeness (QED) is 0.786. The lowest BCUT2D eigenvalue weighted by molar-refractivity contribution is -0.0888. The smallest absolute Gasteiger partial charge is 0.391 e. The molecule has 1 heterocycles. The molecule has 1 atom stereocenters. The van der Waals surface area contributed by atoms with E-state index in [4.69, 9.17) is 0 Å². The number of Topliss-reactive ketones (excluding diaryl/α,β-unsaturated/α-hetero) is 1. The van der Waals surface area contributed by atoms with Crippen molar-refractivity contribution in [3.63, 3.8) is 0 Å². The fourth-order valence-corrected chi connectivity index (χ4v) is 0.982. The van der Waals surface area contributed by atoms with E-state index in [0.717, 1.165) is 10.9 Å². The van der Waals surface area contributed by atoms with Crippen molar-refractivity contribution in [1.29, 1.82) is 0 Å². The highest BCUT2D eigenvalue weighted by Gasteiger charge is 2.41. The van der Waals surface area contributed by atoms with Crippen LogP contribution in [-0.2, 0) is 6.54 Å². The summed E-state index contributed by atoms with van der Waals surface area (Å²) in [6.07, 6.45) is -4.38. The third-order valence-electron chi connectivity index (χ3n) is 1.90. The maximum Gasteiger partial charge on any atom is 0.456 e. The highest BCUT2D eigenvalue weighted by molar-refractivity contribution is 5.98. The summed E-state index contributed by atoms with van der Waals surface area (Å²) in [5.74, 6) is -2.04. The van der Waals surface area contributed by atoms with Crippen molar-refractivity contribution in [3.05, 3.63) is 11.9 Å². The van der Waals surface area contributed by atoms with Crippen molar-refractivity contribution in [2.75, 3.05) is 0 Å². The van der Waals surface area contributed by atoms with E-state index < -0.39 is 23.8 Å². The molecule has 0 aromatic carbocycles. The topological polar surface area (TPSA) is 68.0 Å².